The van der Waals surface area contributed by atoms with Crippen LogP contribution in [0, 0.1) is 0 Å². The van der Waals surface area contributed by atoms with Crippen LogP contribution in [0.25, 0.3) is 0 Å². The molecule has 0 aromatic carbocycles. The van der Waals surface area contributed by atoms with Crippen LogP contribution in [0.3, 0.4) is 0 Å². The zero-order valence-electron chi connectivity index (χ0n) is 5.94. The maximum Gasteiger partial charge on any atom is 0.0539 e. The molecule has 0 aliphatic carbocycles. The van der Waals surface area contributed by atoms with E-state index in [1.165, 1.54) is 11.3 Å². The van der Waals surface area contributed by atoms with Gasteiger partial charge >= 0.3 is 0 Å². The third kappa shape index (κ3) is 1.39. The van der Waals surface area contributed by atoms with Crippen LogP contribution in [0.1, 0.15) is 13.8 Å². The predicted octanol–water partition coefficient (Wildman–Crippen LogP) is 0.954. The molecule has 0 atom stereocenters. The van der Waals surface area contributed by atoms with Crippen molar-refractivity contribution in [3.8, 4) is 0 Å². The minimum atomic E-state index is 0.941. The van der Waals surface area contributed by atoms with Crippen molar-refractivity contribution < 1.29 is 0 Å². The molecule has 1 rings (SSSR count). The molecule has 0 saturated carbocycles. The van der Waals surface area contributed by atoms with E-state index >= 15 is 0 Å². The maximum atomic E-state index is 4.20. The fourth-order valence-corrected chi connectivity index (χ4v) is 0.933. The van der Waals surface area contributed by atoms with Gasteiger partial charge in [-0.1, -0.05) is 0 Å². The molecule has 0 unspecified atom stereocenters. The summed E-state index contributed by atoms with van der Waals surface area (Å²) in [6.07, 6.45) is 1.84. The Morgan fingerprint density at radius 1 is 1.56 bits per heavy atom. The third-order valence-corrected chi connectivity index (χ3v) is 1.46. The van der Waals surface area contributed by atoms with E-state index in [2.05, 4.69) is 17.2 Å². The van der Waals surface area contributed by atoms with Crippen LogP contribution < -0.4 is 5.32 Å². The molecule has 50 valence electrons. The van der Waals surface area contributed by atoms with Gasteiger partial charge in [0, 0.05) is 19.3 Å². The number of hydrogen-bond acceptors (Lipinski definition) is 2. The first kappa shape index (κ1) is 6.49. The zero-order chi connectivity index (χ0) is 6.69. The van der Waals surface area contributed by atoms with Crippen molar-refractivity contribution in [2.45, 2.75) is 13.8 Å². The van der Waals surface area contributed by atoms with Crippen LogP contribution in [-0.4, -0.2) is 19.3 Å². The number of hydrogen-bond donors (Lipinski definition) is 1. The smallest absolute Gasteiger partial charge is 0.0539 e. The maximum absolute atomic E-state index is 4.20. The minimum absolute atomic E-state index is 0.941. The van der Waals surface area contributed by atoms with Gasteiger partial charge in [0.1, 0.15) is 0 Å². The lowest BCUT2D eigenvalue weighted by Crippen LogP contribution is -2.08. The topological polar surface area (TPSA) is 24.4 Å². The second-order valence-electron chi connectivity index (χ2n) is 2.22. The van der Waals surface area contributed by atoms with Gasteiger partial charge in [-0.05, 0) is 19.4 Å². The minimum Gasteiger partial charge on any atom is -0.307 e. The summed E-state index contributed by atoms with van der Waals surface area (Å²) in [4.78, 5) is 4.20. The van der Waals surface area contributed by atoms with Crippen molar-refractivity contribution in [3.63, 3.8) is 0 Å². The highest BCUT2D eigenvalue weighted by Crippen LogP contribution is 2.08. The van der Waals surface area contributed by atoms with E-state index in [0.29, 0.717) is 0 Å². The molecule has 0 aromatic heterocycles. The van der Waals surface area contributed by atoms with Crippen LogP contribution >= 0.6 is 0 Å². The van der Waals surface area contributed by atoms with E-state index in [0.717, 1.165) is 13.1 Å². The van der Waals surface area contributed by atoms with Gasteiger partial charge in [0.05, 0.1) is 5.70 Å². The fraction of sp³-hybridized carbons (Fsp3) is 0.571. The molecule has 9 heavy (non-hydrogen) atoms. The Morgan fingerprint density at radius 3 is 2.78 bits per heavy atom. The Morgan fingerprint density at radius 2 is 2.33 bits per heavy atom. The van der Waals surface area contributed by atoms with Crippen LogP contribution in [0.5, 0.6) is 0 Å². The molecule has 2 nitrogen and oxygen atoms in total. The molecule has 0 bridgehead atoms. The Kier molecular flexibility index (Phi) is 2.01. The molecule has 0 radical (unpaired) electrons. The molecule has 0 fully saturated rings. The number of rotatable bonds is 1. The molecule has 1 aliphatic rings. The highest BCUT2D eigenvalue weighted by atomic mass is 14.9. The van der Waals surface area contributed by atoms with Crippen LogP contribution in [0.15, 0.2) is 16.3 Å². The number of nitrogens with one attached hydrogen (secondary N) is 1. The Bertz CT molecular complexity index is 156. The Balaban J connectivity index is 2.66. The molecule has 0 aromatic rings. The Hall–Kier alpha value is -0.630. The van der Waals surface area contributed by atoms with Gasteiger partial charge in [-0.2, -0.15) is 0 Å². The highest BCUT2D eigenvalue weighted by molar-refractivity contribution is 5.56. The lowest BCUT2D eigenvalue weighted by molar-refractivity contribution is 0.861. The van der Waals surface area contributed by atoms with Crippen molar-refractivity contribution in [1.29, 1.82) is 0 Å². The van der Waals surface area contributed by atoms with E-state index in [1.807, 2.05) is 13.1 Å². The van der Waals surface area contributed by atoms with E-state index < -0.39 is 0 Å². The molecule has 0 spiro atoms. The lowest BCUT2D eigenvalue weighted by atomic mass is 10.3. The van der Waals surface area contributed by atoms with Gasteiger partial charge in [-0.3, -0.25) is 4.99 Å². The van der Waals surface area contributed by atoms with Crippen LogP contribution in [0.2, 0.25) is 0 Å². The highest BCUT2D eigenvalue weighted by Gasteiger charge is 2.06. The summed E-state index contributed by atoms with van der Waals surface area (Å²) >= 11 is 0. The predicted molar refractivity (Wildman–Crippen MR) is 39.7 cm³/mol. The van der Waals surface area contributed by atoms with Crippen molar-refractivity contribution in [1.82, 2.24) is 5.32 Å². The molecule has 1 aliphatic heterocycles. The van der Waals surface area contributed by atoms with Crippen molar-refractivity contribution in [2.75, 3.05) is 13.1 Å². The second kappa shape index (κ2) is 2.78. The molecule has 1 N–H and O–H groups in total. The zero-order valence-corrected chi connectivity index (χ0v) is 5.94. The molecule has 0 amide bonds. The van der Waals surface area contributed by atoms with Gasteiger partial charge < -0.3 is 5.32 Å². The van der Waals surface area contributed by atoms with E-state index in [1.54, 1.807) is 0 Å². The lowest BCUT2D eigenvalue weighted by Gasteiger charge is -1.89. The average molecular weight is 124 g/mol. The van der Waals surface area contributed by atoms with E-state index in [9.17, 15) is 0 Å². The van der Waals surface area contributed by atoms with Gasteiger partial charge in [-0.15, -0.1) is 0 Å². The number of nitrogens with zero attached hydrogens (tertiary/aromatic N) is 1. The summed E-state index contributed by atoms with van der Waals surface area (Å²) in [7, 11) is 0. The first-order valence-corrected chi connectivity index (χ1v) is 3.22. The average Bonchev–Trinajstić information content (AvgIpc) is 2.18. The summed E-state index contributed by atoms with van der Waals surface area (Å²) in [6, 6.07) is 0. The van der Waals surface area contributed by atoms with Gasteiger partial charge in [0.15, 0.2) is 0 Å². The molecule has 1 heterocycles. The van der Waals surface area contributed by atoms with Crippen LogP contribution in [-0.2, 0) is 0 Å². The molecule has 0 saturated heterocycles. The van der Waals surface area contributed by atoms with Gasteiger partial charge in [0.2, 0.25) is 0 Å². The normalized spacial score (nSPS) is 20.2. The molecule has 2 heteroatoms. The standard InChI is InChI=1S/C7H12N2/c1-3-9-7-5-8-4-6(7)2/h3,8H,4-5H2,1-2H3/b9-3-. The third-order valence-electron chi connectivity index (χ3n) is 1.46. The molecular weight excluding hydrogens is 112 g/mol. The summed E-state index contributed by atoms with van der Waals surface area (Å²) < 4.78 is 0. The monoisotopic (exact) mass is 124 g/mol. The first-order valence-electron chi connectivity index (χ1n) is 3.22. The SMILES string of the molecule is C/C=N\C1=C(C)CNC1. The Labute approximate surface area is 55.7 Å². The molecular formula is C7H12N2. The summed E-state index contributed by atoms with van der Waals surface area (Å²) in [5, 5.41) is 3.22. The summed E-state index contributed by atoms with van der Waals surface area (Å²) in [6.45, 7) is 6.00. The van der Waals surface area contributed by atoms with Crippen molar-refractivity contribution in [3.05, 3.63) is 11.3 Å². The van der Waals surface area contributed by atoms with E-state index in [4.69, 9.17) is 0 Å². The van der Waals surface area contributed by atoms with E-state index in [-0.39, 0.29) is 0 Å². The van der Waals surface area contributed by atoms with Crippen molar-refractivity contribution >= 4 is 6.21 Å². The van der Waals surface area contributed by atoms with Crippen molar-refractivity contribution in [2.24, 2.45) is 4.99 Å². The summed E-state index contributed by atoms with van der Waals surface area (Å²) in [5.41, 5.74) is 2.57. The fourth-order valence-electron chi connectivity index (χ4n) is 0.933. The van der Waals surface area contributed by atoms with Gasteiger partial charge in [-0.25, -0.2) is 0 Å². The van der Waals surface area contributed by atoms with Gasteiger partial charge in [0.25, 0.3) is 0 Å². The largest absolute Gasteiger partial charge is 0.307 e. The van der Waals surface area contributed by atoms with Crippen LogP contribution in [0.4, 0.5) is 0 Å². The second-order valence-corrected chi connectivity index (χ2v) is 2.22. The summed E-state index contributed by atoms with van der Waals surface area (Å²) in [5.74, 6) is 0. The quantitative estimate of drug-likeness (QED) is 0.517. The number of aliphatic imine (C=N–C) groups is 1. The first-order chi connectivity index (χ1) is 4.34.